The van der Waals surface area contributed by atoms with E-state index in [-0.39, 0.29) is 11.9 Å². The van der Waals surface area contributed by atoms with Crippen molar-refractivity contribution in [1.82, 2.24) is 5.32 Å². The van der Waals surface area contributed by atoms with E-state index in [2.05, 4.69) is 35.1 Å². The highest BCUT2D eigenvalue weighted by atomic mass is 79.9. The molecule has 4 heteroatoms. The van der Waals surface area contributed by atoms with Crippen LogP contribution < -0.4 is 10.1 Å². The average Bonchev–Trinajstić information content (AvgIpc) is 2.35. The Morgan fingerprint density at radius 1 is 1.33 bits per heavy atom. The summed E-state index contributed by atoms with van der Waals surface area (Å²) in [5.41, 5.74) is 0. The summed E-state index contributed by atoms with van der Waals surface area (Å²) in [5, 5.41) is 3.41. The van der Waals surface area contributed by atoms with Gasteiger partial charge in [0.05, 0.1) is 0 Å². The molecule has 0 amide bonds. The first-order valence-electron chi connectivity index (χ1n) is 6.41. The quantitative estimate of drug-likeness (QED) is 0.816. The van der Waals surface area contributed by atoms with Crippen LogP contribution in [0.3, 0.4) is 0 Å². The van der Waals surface area contributed by atoms with Crippen LogP contribution in [0.4, 0.5) is 4.39 Å². The maximum atomic E-state index is 13.5. The summed E-state index contributed by atoms with van der Waals surface area (Å²) in [7, 11) is 0. The Kier molecular flexibility index (Phi) is 6.65. The molecule has 1 N–H and O–H groups in total. The second-order valence-electron chi connectivity index (χ2n) is 4.42. The van der Waals surface area contributed by atoms with Crippen molar-refractivity contribution in [3.63, 3.8) is 0 Å². The number of rotatable bonds is 7. The van der Waals surface area contributed by atoms with Gasteiger partial charge in [-0.15, -0.1) is 0 Å². The number of nitrogens with one attached hydrogen (secondary N) is 1. The average molecular weight is 318 g/mol. The van der Waals surface area contributed by atoms with Crippen molar-refractivity contribution < 1.29 is 9.13 Å². The van der Waals surface area contributed by atoms with Gasteiger partial charge < -0.3 is 10.1 Å². The molecule has 0 aliphatic carbocycles. The van der Waals surface area contributed by atoms with Crippen LogP contribution in [0.2, 0.25) is 0 Å². The molecule has 0 fully saturated rings. The van der Waals surface area contributed by atoms with E-state index in [4.69, 9.17) is 4.74 Å². The summed E-state index contributed by atoms with van der Waals surface area (Å²) in [6.45, 7) is 6.97. The molecule has 1 atom stereocenters. The van der Waals surface area contributed by atoms with Crippen molar-refractivity contribution in [2.75, 3.05) is 6.54 Å². The lowest BCUT2D eigenvalue weighted by Gasteiger charge is -2.20. The fourth-order valence-corrected chi connectivity index (χ4v) is 2.08. The molecule has 1 aromatic rings. The first-order valence-corrected chi connectivity index (χ1v) is 7.21. The fourth-order valence-electron chi connectivity index (χ4n) is 1.74. The van der Waals surface area contributed by atoms with Gasteiger partial charge in [0.15, 0.2) is 11.6 Å². The van der Waals surface area contributed by atoms with Crippen molar-refractivity contribution in [2.24, 2.45) is 0 Å². The number of hydrogen-bond acceptors (Lipinski definition) is 2. The molecule has 1 aromatic carbocycles. The second kappa shape index (κ2) is 7.74. The van der Waals surface area contributed by atoms with Gasteiger partial charge in [0.1, 0.15) is 6.10 Å². The number of ether oxygens (including phenoxy) is 1. The Morgan fingerprint density at radius 3 is 2.61 bits per heavy atom. The summed E-state index contributed by atoms with van der Waals surface area (Å²) in [5.74, 6) is -0.0317. The number of halogens is 2. The highest BCUT2D eigenvalue weighted by Gasteiger charge is 2.10. The van der Waals surface area contributed by atoms with Gasteiger partial charge in [0.25, 0.3) is 0 Å². The van der Waals surface area contributed by atoms with Crippen LogP contribution in [-0.4, -0.2) is 18.7 Å². The Bertz CT molecular complexity index is 369. The van der Waals surface area contributed by atoms with Crippen LogP contribution >= 0.6 is 15.9 Å². The van der Waals surface area contributed by atoms with Crippen LogP contribution in [0.25, 0.3) is 0 Å². The van der Waals surface area contributed by atoms with E-state index in [0.717, 1.165) is 23.9 Å². The largest absolute Gasteiger partial charge is 0.486 e. The molecule has 0 heterocycles. The second-order valence-corrected chi connectivity index (χ2v) is 5.34. The van der Waals surface area contributed by atoms with E-state index in [1.165, 1.54) is 6.07 Å². The Labute approximate surface area is 117 Å². The highest BCUT2D eigenvalue weighted by molar-refractivity contribution is 9.10. The van der Waals surface area contributed by atoms with E-state index in [9.17, 15) is 4.39 Å². The molecule has 1 rings (SSSR count). The molecule has 0 saturated heterocycles. The normalized spacial score (nSPS) is 12.8. The minimum absolute atomic E-state index is 0.0607. The Balaban J connectivity index is 2.48. The van der Waals surface area contributed by atoms with E-state index >= 15 is 0 Å². The van der Waals surface area contributed by atoms with Crippen LogP contribution in [0.15, 0.2) is 22.7 Å². The standard InChI is InChI=1S/C14H21BrFNO/c1-4-12(5-2)17-9-10(3)18-14-8-11(15)6-7-13(14)16/h6-8,10,12,17H,4-5,9H2,1-3H3. The predicted octanol–water partition coefficient (Wildman–Crippen LogP) is 4.13. The van der Waals surface area contributed by atoms with Gasteiger partial charge in [-0.1, -0.05) is 29.8 Å². The lowest BCUT2D eigenvalue weighted by atomic mass is 10.1. The molecule has 102 valence electrons. The summed E-state index contributed by atoms with van der Waals surface area (Å²) in [4.78, 5) is 0. The van der Waals surface area contributed by atoms with Gasteiger partial charge in [0, 0.05) is 17.1 Å². The lowest BCUT2D eigenvalue weighted by molar-refractivity contribution is 0.201. The van der Waals surface area contributed by atoms with Gasteiger partial charge in [-0.2, -0.15) is 0 Å². The van der Waals surface area contributed by atoms with Crippen LogP contribution in [0, 0.1) is 5.82 Å². The van der Waals surface area contributed by atoms with Crippen molar-refractivity contribution in [3.8, 4) is 5.75 Å². The number of benzene rings is 1. The van der Waals surface area contributed by atoms with Crippen molar-refractivity contribution in [1.29, 1.82) is 0 Å². The molecule has 0 aliphatic heterocycles. The first kappa shape index (κ1) is 15.4. The van der Waals surface area contributed by atoms with E-state index in [0.29, 0.717) is 11.8 Å². The third-order valence-corrected chi connectivity index (χ3v) is 3.39. The minimum Gasteiger partial charge on any atom is -0.486 e. The summed E-state index contributed by atoms with van der Waals surface area (Å²) in [6, 6.07) is 5.22. The Hall–Kier alpha value is -0.610. The molecule has 0 radical (unpaired) electrons. The Morgan fingerprint density at radius 2 is 2.00 bits per heavy atom. The molecule has 0 saturated carbocycles. The fraction of sp³-hybridized carbons (Fsp3) is 0.571. The summed E-state index contributed by atoms with van der Waals surface area (Å²) < 4.78 is 19.9. The van der Waals surface area contributed by atoms with Gasteiger partial charge >= 0.3 is 0 Å². The number of hydrogen-bond donors (Lipinski definition) is 1. The third kappa shape index (κ3) is 4.94. The zero-order valence-electron chi connectivity index (χ0n) is 11.2. The zero-order chi connectivity index (χ0) is 13.5. The van der Waals surface area contributed by atoms with Gasteiger partial charge in [-0.05, 0) is 38.0 Å². The molecule has 2 nitrogen and oxygen atoms in total. The smallest absolute Gasteiger partial charge is 0.165 e. The zero-order valence-corrected chi connectivity index (χ0v) is 12.8. The SMILES string of the molecule is CCC(CC)NCC(C)Oc1cc(Br)ccc1F. The van der Waals surface area contributed by atoms with Crippen molar-refractivity contribution in [2.45, 2.75) is 45.8 Å². The summed E-state index contributed by atoms with van der Waals surface area (Å²) in [6.07, 6.45) is 2.12. The van der Waals surface area contributed by atoms with Gasteiger partial charge in [-0.3, -0.25) is 0 Å². The molecule has 0 spiro atoms. The minimum atomic E-state index is -0.326. The molecule has 0 bridgehead atoms. The predicted molar refractivity (Wildman–Crippen MR) is 76.6 cm³/mol. The topological polar surface area (TPSA) is 21.3 Å². The van der Waals surface area contributed by atoms with Crippen LogP contribution in [0.1, 0.15) is 33.6 Å². The molecule has 0 aromatic heterocycles. The summed E-state index contributed by atoms with van der Waals surface area (Å²) >= 11 is 3.31. The van der Waals surface area contributed by atoms with E-state index in [1.807, 2.05) is 6.92 Å². The molecule has 18 heavy (non-hydrogen) atoms. The maximum Gasteiger partial charge on any atom is 0.165 e. The highest BCUT2D eigenvalue weighted by Crippen LogP contribution is 2.23. The molecular weight excluding hydrogens is 297 g/mol. The van der Waals surface area contributed by atoms with Gasteiger partial charge in [0.2, 0.25) is 0 Å². The van der Waals surface area contributed by atoms with E-state index < -0.39 is 0 Å². The molecule has 1 unspecified atom stereocenters. The maximum absolute atomic E-state index is 13.5. The van der Waals surface area contributed by atoms with Crippen LogP contribution in [-0.2, 0) is 0 Å². The van der Waals surface area contributed by atoms with Crippen LogP contribution in [0.5, 0.6) is 5.75 Å². The van der Waals surface area contributed by atoms with Crippen molar-refractivity contribution in [3.05, 3.63) is 28.5 Å². The van der Waals surface area contributed by atoms with E-state index in [1.54, 1.807) is 12.1 Å². The lowest BCUT2D eigenvalue weighted by Crippen LogP contribution is -2.36. The van der Waals surface area contributed by atoms with Gasteiger partial charge in [-0.25, -0.2) is 4.39 Å². The third-order valence-electron chi connectivity index (χ3n) is 2.90. The molecular formula is C14H21BrFNO. The molecule has 0 aliphatic rings. The first-order chi connectivity index (χ1) is 8.56. The van der Waals surface area contributed by atoms with Crippen molar-refractivity contribution >= 4 is 15.9 Å². The monoisotopic (exact) mass is 317 g/mol.